The van der Waals surface area contributed by atoms with Crippen molar-refractivity contribution in [2.45, 2.75) is 44.4 Å². The van der Waals surface area contributed by atoms with Gasteiger partial charge in [0.25, 0.3) is 0 Å². The third kappa shape index (κ3) is 1.49. The first-order valence-electron chi connectivity index (χ1n) is 5.29. The van der Waals surface area contributed by atoms with Gasteiger partial charge in [0.15, 0.2) is 5.82 Å². The van der Waals surface area contributed by atoms with Gasteiger partial charge in [-0.25, -0.2) is 4.68 Å². The van der Waals surface area contributed by atoms with E-state index >= 15 is 0 Å². The van der Waals surface area contributed by atoms with Crippen molar-refractivity contribution in [3.63, 3.8) is 0 Å². The highest BCUT2D eigenvalue weighted by molar-refractivity contribution is 5.19. The molecule has 78 valence electrons. The molecule has 4 nitrogen and oxygen atoms in total. The van der Waals surface area contributed by atoms with Crippen LogP contribution in [-0.4, -0.2) is 14.8 Å². The molecule has 0 saturated heterocycles. The fourth-order valence-electron chi connectivity index (χ4n) is 2.21. The van der Waals surface area contributed by atoms with E-state index in [1.54, 1.807) is 4.68 Å². The fraction of sp³-hybridized carbons (Fsp3) is 0.800. The quantitative estimate of drug-likeness (QED) is 0.739. The Morgan fingerprint density at radius 2 is 1.93 bits per heavy atom. The van der Waals surface area contributed by atoms with Crippen LogP contribution in [0.1, 0.15) is 44.9 Å². The molecular weight excluding hydrogens is 176 g/mol. The molecule has 4 heteroatoms. The molecule has 1 aliphatic carbocycles. The van der Waals surface area contributed by atoms with Crippen molar-refractivity contribution in [1.82, 2.24) is 14.8 Å². The minimum atomic E-state index is 0.160. The summed E-state index contributed by atoms with van der Waals surface area (Å²) in [5.41, 5.74) is 5.86. The number of aryl methyl sites for hydroxylation is 1. The predicted molar refractivity (Wildman–Crippen MR) is 55.9 cm³/mol. The van der Waals surface area contributed by atoms with Crippen LogP contribution in [0.5, 0.6) is 0 Å². The van der Waals surface area contributed by atoms with Crippen molar-refractivity contribution in [3.8, 4) is 0 Å². The van der Waals surface area contributed by atoms with E-state index in [4.69, 9.17) is 5.73 Å². The van der Waals surface area contributed by atoms with Gasteiger partial charge in [-0.05, 0) is 12.8 Å². The van der Waals surface area contributed by atoms with Gasteiger partial charge in [-0.1, -0.05) is 26.2 Å². The molecule has 1 saturated carbocycles. The standard InChI is InChI=1S/C10H18N4/c1-10(6-4-3-5-7-10)8-12-9(11)14(2)13-8/h3-7H2,1-2H3,(H2,11,12,13). The van der Waals surface area contributed by atoms with E-state index in [9.17, 15) is 0 Å². The Labute approximate surface area is 84.5 Å². The van der Waals surface area contributed by atoms with Crippen LogP contribution < -0.4 is 5.73 Å². The van der Waals surface area contributed by atoms with E-state index in [0.717, 1.165) is 5.82 Å². The molecule has 0 atom stereocenters. The van der Waals surface area contributed by atoms with Crippen LogP contribution in [0.15, 0.2) is 0 Å². The van der Waals surface area contributed by atoms with Crippen molar-refractivity contribution in [2.75, 3.05) is 5.73 Å². The molecule has 0 amide bonds. The third-order valence-corrected chi connectivity index (χ3v) is 3.29. The van der Waals surface area contributed by atoms with Gasteiger partial charge in [0.2, 0.25) is 5.95 Å². The van der Waals surface area contributed by atoms with E-state index in [0.29, 0.717) is 5.95 Å². The molecule has 14 heavy (non-hydrogen) atoms. The lowest BCUT2D eigenvalue weighted by Crippen LogP contribution is -2.26. The number of rotatable bonds is 1. The monoisotopic (exact) mass is 194 g/mol. The zero-order chi connectivity index (χ0) is 10.2. The predicted octanol–water partition coefficient (Wildman–Crippen LogP) is 1.62. The normalized spacial score (nSPS) is 21.0. The summed E-state index contributed by atoms with van der Waals surface area (Å²) < 4.78 is 1.66. The van der Waals surface area contributed by atoms with Crippen molar-refractivity contribution < 1.29 is 0 Å². The number of nitrogens with two attached hydrogens (primary N) is 1. The minimum Gasteiger partial charge on any atom is -0.368 e. The largest absolute Gasteiger partial charge is 0.368 e. The molecule has 0 unspecified atom stereocenters. The maximum Gasteiger partial charge on any atom is 0.218 e. The van der Waals surface area contributed by atoms with Crippen LogP contribution >= 0.6 is 0 Å². The van der Waals surface area contributed by atoms with Crippen LogP contribution in [0.25, 0.3) is 0 Å². The Hall–Kier alpha value is -1.06. The second kappa shape index (κ2) is 3.26. The number of hydrogen-bond acceptors (Lipinski definition) is 3. The molecule has 0 bridgehead atoms. The van der Waals surface area contributed by atoms with Gasteiger partial charge >= 0.3 is 0 Å². The molecular formula is C10H18N4. The zero-order valence-electron chi connectivity index (χ0n) is 8.95. The minimum absolute atomic E-state index is 0.160. The first-order valence-corrected chi connectivity index (χ1v) is 5.29. The summed E-state index contributed by atoms with van der Waals surface area (Å²) in [5, 5.41) is 4.39. The van der Waals surface area contributed by atoms with Crippen LogP contribution in [0.3, 0.4) is 0 Å². The molecule has 2 N–H and O–H groups in total. The summed E-state index contributed by atoms with van der Waals surface area (Å²) in [6, 6.07) is 0. The summed E-state index contributed by atoms with van der Waals surface area (Å²) in [6.45, 7) is 2.25. The highest BCUT2D eigenvalue weighted by Crippen LogP contribution is 2.37. The van der Waals surface area contributed by atoms with Gasteiger partial charge in [0, 0.05) is 12.5 Å². The zero-order valence-corrected chi connectivity index (χ0v) is 8.95. The summed E-state index contributed by atoms with van der Waals surface area (Å²) >= 11 is 0. The molecule has 1 aliphatic rings. The Kier molecular flexibility index (Phi) is 2.21. The Balaban J connectivity index is 2.28. The van der Waals surface area contributed by atoms with Crippen LogP contribution in [0.2, 0.25) is 0 Å². The number of anilines is 1. The first kappa shape index (κ1) is 9.49. The van der Waals surface area contributed by atoms with E-state index in [-0.39, 0.29) is 5.41 Å². The summed E-state index contributed by atoms with van der Waals surface area (Å²) in [6.07, 6.45) is 6.30. The number of nitrogen functional groups attached to an aromatic ring is 1. The lowest BCUT2D eigenvalue weighted by Gasteiger charge is -2.30. The van der Waals surface area contributed by atoms with Crippen molar-refractivity contribution >= 4 is 5.95 Å². The number of hydrogen-bond donors (Lipinski definition) is 1. The van der Waals surface area contributed by atoms with Crippen molar-refractivity contribution in [1.29, 1.82) is 0 Å². The van der Waals surface area contributed by atoms with Gasteiger partial charge in [-0.3, -0.25) is 0 Å². The van der Waals surface area contributed by atoms with Gasteiger partial charge in [0.05, 0.1) is 0 Å². The van der Waals surface area contributed by atoms with E-state index in [1.807, 2.05) is 7.05 Å². The van der Waals surface area contributed by atoms with Crippen molar-refractivity contribution in [2.24, 2.45) is 7.05 Å². The number of aromatic nitrogens is 3. The molecule has 1 heterocycles. The van der Waals surface area contributed by atoms with Gasteiger partial charge in [-0.15, -0.1) is 0 Å². The summed E-state index contributed by atoms with van der Waals surface area (Å²) in [7, 11) is 1.85. The molecule has 0 spiro atoms. The molecule has 1 aromatic heterocycles. The topological polar surface area (TPSA) is 56.7 Å². The summed E-state index contributed by atoms with van der Waals surface area (Å²) in [4.78, 5) is 4.34. The molecule has 0 aliphatic heterocycles. The maximum absolute atomic E-state index is 5.70. The Bertz CT molecular complexity index is 303. The second-order valence-electron chi connectivity index (χ2n) is 4.54. The molecule has 1 fully saturated rings. The molecule has 0 aromatic carbocycles. The maximum atomic E-state index is 5.70. The Morgan fingerprint density at radius 3 is 2.43 bits per heavy atom. The van der Waals surface area contributed by atoms with Gasteiger partial charge < -0.3 is 5.73 Å². The highest BCUT2D eigenvalue weighted by Gasteiger charge is 2.32. The lowest BCUT2D eigenvalue weighted by atomic mass is 9.75. The van der Waals surface area contributed by atoms with Crippen molar-refractivity contribution in [3.05, 3.63) is 5.82 Å². The molecule has 0 radical (unpaired) electrons. The van der Waals surface area contributed by atoms with E-state index < -0.39 is 0 Å². The van der Waals surface area contributed by atoms with Crippen LogP contribution in [0.4, 0.5) is 5.95 Å². The highest BCUT2D eigenvalue weighted by atomic mass is 15.4. The summed E-state index contributed by atoms with van der Waals surface area (Å²) in [5.74, 6) is 1.45. The molecule has 2 rings (SSSR count). The first-order chi connectivity index (χ1) is 6.62. The van der Waals surface area contributed by atoms with E-state index in [1.165, 1.54) is 32.1 Å². The second-order valence-corrected chi connectivity index (χ2v) is 4.54. The average Bonchev–Trinajstić information content (AvgIpc) is 2.49. The SMILES string of the molecule is Cn1nc(C2(C)CCCCC2)nc1N. The average molecular weight is 194 g/mol. The van der Waals surface area contributed by atoms with Crippen LogP contribution in [0, 0.1) is 0 Å². The fourth-order valence-corrected chi connectivity index (χ4v) is 2.21. The molecule has 1 aromatic rings. The van der Waals surface area contributed by atoms with E-state index in [2.05, 4.69) is 17.0 Å². The smallest absolute Gasteiger partial charge is 0.218 e. The van der Waals surface area contributed by atoms with Gasteiger partial charge in [-0.2, -0.15) is 10.1 Å². The lowest BCUT2D eigenvalue weighted by molar-refractivity contribution is 0.303. The van der Waals surface area contributed by atoms with Gasteiger partial charge in [0.1, 0.15) is 0 Å². The third-order valence-electron chi connectivity index (χ3n) is 3.29. The number of nitrogens with zero attached hydrogens (tertiary/aromatic N) is 3. The Morgan fingerprint density at radius 1 is 1.29 bits per heavy atom. The van der Waals surface area contributed by atoms with Crippen LogP contribution in [-0.2, 0) is 12.5 Å².